The van der Waals surface area contributed by atoms with Gasteiger partial charge in [0.1, 0.15) is 6.61 Å². The second kappa shape index (κ2) is 14.4. The van der Waals surface area contributed by atoms with Crippen LogP contribution < -0.4 is 10.2 Å². The first-order valence-electron chi connectivity index (χ1n) is 10.3. The second-order valence-corrected chi connectivity index (χ2v) is 8.20. The molecule has 0 aliphatic carbocycles. The number of rotatable bonds is 9. The van der Waals surface area contributed by atoms with E-state index < -0.39 is 0 Å². The fraction of sp³-hybridized carbons (Fsp3) is 0.391. The van der Waals surface area contributed by atoms with Crippen LogP contribution in [0.5, 0.6) is 0 Å². The number of hydrogen-bond acceptors (Lipinski definition) is 7. The molecule has 32 heavy (non-hydrogen) atoms. The van der Waals surface area contributed by atoms with Gasteiger partial charge in [-0.25, -0.2) is 4.79 Å². The van der Waals surface area contributed by atoms with Gasteiger partial charge in [-0.05, 0) is 39.8 Å². The van der Waals surface area contributed by atoms with E-state index in [2.05, 4.69) is 29.0 Å². The van der Waals surface area contributed by atoms with Crippen molar-refractivity contribution < 1.29 is 19.1 Å². The van der Waals surface area contributed by atoms with E-state index in [0.717, 1.165) is 21.1 Å². The van der Waals surface area contributed by atoms with Crippen molar-refractivity contribution >= 4 is 53.4 Å². The molecule has 7 nitrogen and oxygen atoms in total. The maximum absolute atomic E-state index is 12.2. The van der Waals surface area contributed by atoms with E-state index in [1.54, 1.807) is 18.7 Å². The molecular weight excluding hydrogens is 446 g/mol. The number of amides is 2. The lowest BCUT2D eigenvalue weighted by Crippen LogP contribution is -2.34. The number of carbonyl (C=O) groups is 3. The molecule has 0 unspecified atom stereocenters. The number of thiocarbonyl (C=S) groups is 1. The van der Waals surface area contributed by atoms with Crippen LogP contribution >= 0.6 is 24.0 Å². The Hall–Kier alpha value is -2.65. The van der Waals surface area contributed by atoms with Gasteiger partial charge in [-0.1, -0.05) is 42.7 Å². The molecule has 2 rings (SSSR count). The van der Waals surface area contributed by atoms with Gasteiger partial charge < -0.3 is 19.9 Å². The summed E-state index contributed by atoms with van der Waals surface area (Å²) in [4.78, 5) is 39.1. The average Bonchev–Trinajstić information content (AvgIpc) is 2.80. The summed E-state index contributed by atoms with van der Waals surface area (Å²) in [6.45, 7) is 13.5. The van der Waals surface area contributed by atoms with Crippen LogP contribution in [-0.4, -0.2) is 61.5 Å². The van der Waals surface area contributed by atoms with Crippen molar-refractivity contribution in [2.45, 2.75) is 32.6 Å². The first kappa shape index (κ1) is 27.4. The first-order chi connectivity index (χ1) is 15.3. The largest absolute Gasteiger partial charge is 0.460 e. The molecule has 1 heterocycles. The van der Waals surface area contributed by atoms with Crippen LogP contribution in [0.1, 0.15) is 27.7 Å². The molecule has 1 aromatic rings. The van der Waals surface area contributed by atoms with Crippen LogP contribution in [0, 0.1) is 0 Å². The average molecular weight is 478 g/mol. The highest BCUT2D eigenvalue weighted by atomic mass is 32.2. The number of benzene rings is 1. The van der Waals surface area contributed by atoms with Crippen molar-refractivity contribution in [3.05, 3.63) is 46.9 Å². The lowest BCUT2D eigenvalue weighted by molar-refractivity contribution is -0.138. The number of thioether (sulfide) groups is 1. The Morgan fingerprint density at radius 3 is 2.53 bits per heavy atom. The number of nitrogens with one attached hydrogen (secondary N) is 1. The van der Waals surface area contributed by atoms with Gasteiger partial charge in [-0.3, -0.25) is 9.59 Å². The minimum atomic E-state index is -0.381. The highest BCUT2D eigenvalue weighted by Gasteiger charge is 2.23. The van der Waals surface area contributed by atoms with Crippen LogP contribution in [0.4, 0.5) is 5.69 Å². The molecule has 0 aromatic heterocycles. The maximum atomic E-state index is 12.2. The summed E-state index contributed by atoms with van der Waals surface area (Å²) in [6, 6.07) is 8.05. The quantitative estimate of drug-likeness (QED) is 0.252. The fourth-order valence-electron chi connectivity index (χ4n) is 2.59. The monoisotopic (exact) mass is 477 g/mol. The first-order valence-corrected chi connectivity index (χ1v) is 11.6. The molecule has 0 spiro atoms. The number of para-hydroxylation sites is 1. The predicted molar refractivity (Wildman–Crippen MR) is 134 cm³/mol. The smallest absolute Gasteiger partial charge is 0.333 e. The fourth-order valence-corrected chi connectivity index (χ4v) is 3.97. The van der Waals surface area contributed by atoms with Crippen LogP contribution in [0.25, 0.3) is 0 Å². The van der Waals surface area contributed by atoms with Gasteiger partial charge in [-0.15, -0.1) is 0 Å². The Morgan fingerprint density at radius 1 is 1.31 bits per heavy atom. The number of carbonyl (C=O) groups excluding carboxylic acids is 3. The standard InChI is InChI=1S/C19H24N2O3S.C4H7NOS/c1-5-20-18(22)14(4)17-12-21(10-11-24-19(23)13(2)3)15-8-6-7-9-16(15)25-17;1-2-5(3-6)4-7/h6-9H,2,5,10-12H2,1,3-4H3,(H,20,22);3-4H,2H2,1H3/b17-14+;. The number of fused-ring (bicyclic) bond motifs is 1. The molecule has 1 N–H and O–H groups in total. The normalized spacial score (nSPS) is 13.6. The molecule has 2 amide bonds. The number of likely N-dealkylation sites (N-methyl/N-ethyl adjacent to an activating group) is 1. The number of nitrogens with zero attached hydrogens (tertiary/aromatic N) is 2. The number of ether oxygens (including phenoxy) is 1. The molecule has 0 fully saturated rings. The van der Waals surface area contributed by atoms with Gasteiger partial charge in [0.25, 0.3) is 0 Å². The topological polar surface area (TPSA) is 79.0 Å². The Bertz CT molecular complexity index is 863. The predicted octanol–water partition coefficient (Wildman–Crippen LogP) is 3.55. The summed E-state index contributed by atoms with van der Waals surface area (Å²) >= 11 is 6.06. The van der Waals surface area contributed by atoms with Crippen LogP contribution in [0.2, 0.25) is 0 Å². The number of hydrogen-bond donors (Lipinski definition) is 1. The third-order valence-corrected chi connectivity index (χ3v) is 5.97. The van der Waals surface area contributed by atoms with Crippen LogP contribution in [-0.2, 0) is 19.1 Å². The Labute approximate surface area is 199 Å². The summed E-state index contributed by atoms with van der Waals surface area (Å²) in [5, 5.41) is 2.84. The molecule has 0 bridgehead atoms. The van der Waals surface area contributed by atoms with Crippen molar-refractivity contribution in [3.63, 3.8) is 0 Å². The van der Waals surface area contributed by atoms with Crippen molar-refractivity contribution in [1.82, 2.24) is 10.2 Å². The summed E-state index contributed by atoms with van der Waals surface area (Å²) < 4.78 is 5.22. The molecule has 0 atom stereocenters. The lowest BCUT2D eigenvalue weighted by Gasteiger charge is -2.32. The van der Waals surface area contributed by atoms with E-state index in [4.69, 9.17) is 4.74 Å². The molecule has 9 heteroatoms. The van der Waals surface area contributed by atoms with E-state index in [-0.39, 0.29) is 18.5 Å². The van der Waals surface area contributed by atoms with Gasteiger partial charge in [0.05, 0.1) is 17.7 Å². The lowest BCUT2D eigenvalue weighted by atomic mass is 10.2. The van der Waals surface area contributed by atoms with E-state index in [1.807, 2.05) is 45.0 Å². The van der Waals surface area contributed by atoms with Crippen molar-refractivity contribution in [2.75, 3.05) is 37.7 Å². The summed E-state index contributed by atoms with van der Waals surface area (Å²) in [6.07, 6.45) is 0.701. The molecule has 174 valence electrons. The van der Waals surface area contributed by atoms with E-state index in [0.29, 0.717) is 38.2 Å². The van der Waals surface area contributed by atoms with Crippen molar-refractivity contribution in [1.29, 1.82) is 0 Å². The van der Waals surface area contributed by atoms with Gasteiger partial charge in [0.15, 0.2) is 0 Å². The SMILES string of the molecule is C=C(C)C(=O)OCCN1C/C(=C(/C)C(=O)NCC)Sc2ccccc21.CCN(C=O)C=S. The zero-order valence-corrected chi connectivity index (χ0v) is 20.7. The number of esters is 1. The van der Waals surface area contributed by atoms with Crippen LogP contribution in [0.15, 0.2) is 51.8 Å². The third-order valence-electron chi connectivity index (χ3n) is 4.45. The molecule has 0 radical (unpaired) electrons. The van der Waals surface area contributed by atoms with E-state index in [1.165, 1.54) is 10.4 Å². The molecule has 1 aromatic carbocycles. The van der Waals surface area contributed by atoms with Crippen molar-refractivity contribution in [3.8, 4) is 0 Å². The Kier molecular flexibility index (Phi) is 12.3. The molecule has 1 aliphatic rings. The third kappa shape index (κ3) is 8.47. The summed E-state index contributed by atoms with van der Waals surface area (Å²) in [5.74, 6) is -0.424. The highest BCUT2D eigenvalue weighted by molar-refractivity contribution is 8.03. The zero-order valence-electron chi connectivity index (χ0n) is 19.1. The van der Waals surface area contributed by atoms with E-state index >= 15 is 0 Å². The molecular formula is C23H31N3O4S2. The Morgan fingerprint density at radius 2 is 2.00 bits per heavy atom. The summed E-state index contributed by atoms with van der Waals surface area (Å²) in [5.41, 5.74) is 3.53. The Balaban J connectivity index is 0.000000633. The van der Waals surface area contributed by atoms with Crippen LogP contribution in [0.3, 0.4) is 0 Å². The van der Waals surface area contributed by atoms with Gasteiger partial charge in [0.2, 0.25) is 12.3 Å². The van der Waals surface area contributed by atoms with E-state index in [9.17, 15) is 14.4 Å². The molecule has 0 saturated heterocycles. The molecule has 1 aliphatic heterocycles. The minimum absolute atomic E-state index is 0.0435. The molecule has 0 saturated carbocycles. The summed E-state index contributed by atoms with van der Waals surface area (Å²) in [7, 11) is 0. The minimum Gasteiger partial charge on any atom is -0.460 e. The van der Waals surface area contributed by atoms with Crippen molar-refractivity contribution in [2.24, 2.45) is 0 Å². The van der Waals surface area contributed by atoms with Gasteiger partial charge in [-0.2, -0.15) is 0 Å². The zero-order chi connectivity index (χ0) is 24.1. The van der Waals surface area contributed by atoms with Gasteiger partial charge >= 0.3 is 5.97 Å². The maximum Gasteiger partial charge on any atom is 0.333 e. The second-order valence-electron chi connectivity index (χ2n) is 6.86. The number of anilines is 1. The highest BCUT2D eigenvalue weighted by Crippen LogP contribution is 2.41. The van der Waals surface area contributed by atoms with Gasteiger partial charge in [0, 0.05) is 40.6 Å².